The Bertz CT molecular complexity index is 356. The number of methoxy groups -OCH3 is 1. The van der Waals surface area contributed by atoms with Crippen molar-refractivity contribution in [1.29, 1.82) is 0 Å². The Morgan fingerprint density at radius 3 is 2.79 bits per heavy atom. The van der Waals surface area contributed by atoms with Gasteiger partial charge in [0.1, 0.15) is 6.04 Å². The monoisotopic (exact) mass is 218 g/mol. The summed E-state index contributed by atoms with van der Waals surface area (Å²) in [6.07, 6.45) is 0.260. The highest BCUT2D eigenvalue weighted by atomic mass is 35.5. The number of esters is 1. The summed E-state index contributed by atoms with van der Waals surface area (Å²) in [5.41, 5.74) is 6.39. The van der Waals surface area contributed by atoms with E-state index in [1.807, 2.05) is 30.3 Å². The smallest absolute Gasteiger partial charge is 0.322 e. The van der Waals surface area contributed by atoms with Crippen molar-refractivity contribution in [3.63, 3.8) is 0 Å². The molecule has 0 heterocycles. The second kappa shape index (κ2) is 6.40. The van der Waals surface area contributed by atoms with E-state index in [9.17, 15) is 4.79 Å². The number of ether oxygens (including phenoxy) is 1. The molecule has 3 nitrogen and oxygen atoms in total. The van der Waals surface area contributed by atoms with Crippen molar-refractivity contribution in [3.8, 4) is 0 Å². The van der Waals surface area contributed by atoms with Gasteiger partial charge in [-0.1, -0.05) is 30.3 Å². The normalized spacial score (nSPS) is 15.4. The Hall–Kier alpha value is -1.06. The summed E-state index contributed by atoms with van der Waals surface area (Å²) < 4.78 is 24.5. The summed E-state index contributed by atoms with van der Waals surface area (Å²) in [6.45, 7) is 0. The van der Waals surface area contributed by atoms with Crippen molar-refractivity contribution < 1.29 is 13.6 Å². The van der Waals surface area contributed by atoms with Gasteiger partial charge in [0.25, 0.3) is 0 Å². The van der Waals surface area contributed by atoms with Gasteiger partial charge in [0.15, 0.2) is 0 Å². The number of carbonyl (C=O) groups is 1. The average Bonchev–Trinajstić information content (AvgIpc) is 2.16. The Kier molecular flexibility index (Phi) is 3.78. The van der Waals surface area contributed by atoms with Crippen LogP contribution >= 0.6 is 12.4 Å². The first-order chi connectivity index (χ1) is 7.38. The summed E-state index contributed by atoms with van der Waals surface area (Å²) in [4.78, 5) is 11.3. The van der Waals surface area contributed by atoms with Crippen molar-refractivity contribution in [2.24, 2.45) is 5.73 Å². The number of hydrogen-bond acceptors (Lipinski definition) is 3. The van der Waals surface area contributed by atoms with Crippen LogP contribution < -0.4 is 5.73 Å². The Labute approximate surface area is 93.9 Å². The Morgan fingerprint density at radius 2 is 2.21 bits per heavy atom. The van der Waals surface area contributed by atoms with Crippen LogP contribution in [-0.2, 0) is 16.0 Å². The predicted octanol–water partition coefficient (Wildman–Crippen LogP) is 1.15. The fourth-order valence-electron chi connectivity index (χ4n) is 1.03. The van der Waals surface area contributed by atoms with Crippen molar-refractivity contribution in [2.45, 2.75) is 12.5 Å². The highest BCUT2D eigenvalue weighted by Crippen LogP contribution is 2.02. The molecule has 0 saturated carbocycles. The maximum Gasteiger partial charge on any atom is 0.322 e. The molecule has 1 aromatic rings. The zero-order valence-corrected chi connectivity index (χ0v) is 8.29. The van der Waals surface area contributed by atoms with Gasteiger partial charge in [0, 0.05) is 0 Å². The lowest BCUT2D eigenvalue weighted by Crippen LogP contribution is -2.33. The van der Waals surface area contributed by atoms with Crippen LogP contribution in [-0.4, -0.2) is 19.0 Å². The second-order valence-electron chi connectivity index (χ2n) is 2.72. The Morgan fingerprint density at radius 1 is 1.57 bits per heavy atom. The van der Waals surface area contributed by atoms with E-state index in [1.165, 1.54) is 0 Å². The molecule has 0 aliphatic rings. The molecule has 0 unspecified atom stereocenters. The molecule has 0 spiro atoms. The van der Waals surface area contributed by atoms with Crippen LogP contribution in [0.2, 0.25) is 0 Å². The molecule has 1 aromatic carbocycles. The van der Waals surface area contributed by atoms with E-state index in [4.69, 9.17) is 9.85 Å². The zero-order valence-electron chi connectivity index (χ0n) is 10.5. The van der Waals surface area contributed by atoms with E-state index in [2.05, 4.69) is 4.74 Å². The summed E-state index contributed by atoms with van der Waals surface area (Å²) >= 11 is 0. The minimum Gasteiger partial charge on any atom is -0.468 e. The molecule has 0 fully saturated rings. The maximum absolute atomic E-state index is 11.3. The van der Waals surface area contributed by atoms with Crippen LogP contribution in [0.15, 0.2) is 30.3 Å². The molecule has 1 rings (SSSR count). The molecule has 0 aliphatic heterocycles. The molecule has 14 heavy (non-hydrogen) atoms. The third kappa shape index (κ3) is 3.77. The lowest BCUT2D eigenvalue weighted by atomic mass is 10.1. The van der Waals surface area contributed by atoms with E-state index in [0.29, 0.717) is 0 Å². The first kappa shape index (κ1) is 8.26. The third-order valence-corrected chi connectivity index (χ3v) is 1.70. The van der Waals surface area contributed by atoms with Gasteiger partial charge in [0.2, 0.25) is 0 Å². The lowest BCUT2D eigenvalue weighted by molar-refractivity contribution is -0.142. The van der Waals surface area contributed by atoms with Crippen LogP contribution in [0.5, 0.6) is 0 Å². The molecule has 78 valence electrons. The van der Waals surface area contributed by atoms with Gasteiger partial charge in [0.05, 0.1) is 11.2 Å². The summed E-state index contributed by atoms with van der Waals surface area (Å²) in [5, 5.41) is 0. The van der Waals surface area contributed by atoms with Crippen LogP contribution in [0.4, 0.5) is 0 Å². The van der Waals surface area contributed by atoms with E-state index >= 15 is 0 Å². The number of carbonyl (C=O) groups excluding carboxylic acids is 1. The molecule has 0 aliphatic carbocycles. The fraction of sp³-hybridized carbons (Fsp3) is 0.300. The third-order valence-electron chi connectivity index (χ3n) is 1.70. The van der Waals surface area contributed by atoms with Gasteiger partial charge in [-0.2, -0.15) is 0 Å². The molecule has 1 atom stereocenters. The number of benzene rings is 1. The zero-order chi connectivity index (χ0) is 12.2. The van der Waals surface area contributed by atoms with E-state index < -0.39 is 19.0 Å². The first-order valence-corrected chi connectivity index (χ1v) is 3.91. The van der Waals surface area contributed by atoms with Gasteiger partial charge < -0.3 is 10.5 Å². The minimum atomic E-state index is -2.73. The van der Waals surface area contributed by atoms with Crippen LogP contribution in [0.3, 0.4) is 0 Å². The van der Waals surface area contributed by atoms with Gasteiger partial charge in [-0.3, -0.25) is 4.79 Å². The molecule has 0 saturated heterocycles. The number of halogens is 1. The van der Waals surface area contributed by atoms with Crippen molar-refractivity contribution >= 4 is 18.4 Å². The topological polar surface area (TPSA) is 52.3 Å². The quantitative estimate of drug-likeness (QED) is 0.775. The standard InChI is InChI=1S/C10H13NO2.ClH/c1-13-10(12)9(11)7-8-5-3-2-4-6-8;/h2-6,9H,7,11H2,1H3;1H/t9-;/m0./s1/i1D3;. The molecule has 2 N–H and O–H groups in total. The molecule has 4 heteroatoms. The lowest BCUT2D eigenvalue weighted by Gasteiger charge is -2.08. The highest BCUT2D eigenvalue weighted by molar-refractivity contribution is 5.85. The summed E-state index contributed by atoms with van der Waals surface area (Å²) in [6, 6.07) is 8.14. The summed E-state index contributed by atoms with van der Waals surface area (Å²) in [7, 11) is -2.73. The molecule has 0 bridgehead atoms. The van der Waals surface area contributed by atoms with Crippen LogP contribution in [0.25, 0.3) is 0 Å². The van der Waals surface area contributed by atoms with Crippen molar-refractivity contribution in [2.75, 3.05) is 7.04 Å². The largest absolute Gasteiger partial charge is 0.468 e. The fourth-order valence-corrected chi connectivity index (χ4v) is 1.03. The van der Waals surface area contributed by atoms with Gasteiger partial charge >= 0.3 is 5.97 Å². The summed E-state index contributed by atoms with van der Waals surface area (Å²) in [5.74, 6) is -0.913. The minimum absolute atomic E-state index is 0. The van der Waals surface area contributed by atoms with Crippen molar-refractivity contribution in [1.82, 2.24) is 0 Å². The number of nitrogens with two attached hydrogens (primary N) is 1. The van der Waals surface area contributed by atoms with E-state index in [-0.39, 0.29) is 18.8 Å². The van der Waals surface area contributed by atoms with Gasteiger partial charge in [-0.15, -0.1) is 12.4 Å². The highest BCUT2D eigenvalue weighted by Gasteiger charge is 2.13. The Balaban J connectivity index is 0.00000256. The molecule has 0 aromatic heterocycles. The van der Waals surface area contributed by atoms with Crippen molar-refractivity contribution in [3.05, 3.63) is 35.9 Å². The molecule has 0 radical (unpaired) electrons. The van der Waals surface area contributed by atoms with Gasteiger partial charge in [-0.05, 0) is 12.0 Å². The van der Waals surface area contributed by atoms with E-state index in [0.717, 1.165) is 5.56 Å². The second-order valence-corrected chi connectivity index (χ2v) is 2.72. The van der Waals surface area contributed by atoms with Crippen LogP contribution in [0, 0.1) is 0 Å². The predicted molar refractivity (Wildman–Crippen MR) is 57.4 cm³/mol. The van der Waals surface area contributed by atoms with E-state index in [1.54, 1.807) is 0 Å². The maximum atomic E-state index is 11.3. The average molecular weight is 219 g/mol. The first-order valence-electron chi connectivity index (χ1n) is 5.41. The molecular weight excluding hydrogens is 202 g/mol. The molecule has 0 amide bonds. The van der Waals surface area contributed by atoms with Crippen LogP contribution in [0.1, 0.15) is 9.68 Å². The number of hydrogen-bond donors (Lipinski definition) is 1. The SMILES string of the molecule is Cl.[2H]C([2H])([2H])OC(=O)[C@@H](N)Cc1ccccc1. The van der Waals surface area contributed by atoms with Gasteiger partial charge in [-0.25, -0.2) is 0 Å². The molecular formula is C10H14ClNO2. The number of rotatable bonds is 3.